The van der Waals surface area contributed by atoms with Gasteiger partial charge in [0.1, 0.15) is 0 Å². The average molecular weight is 360 g/mol. The van der Waals surface area contributed by atoms with Gasteiger partial charge in [-0.3, -0.25) is 4.79 Å². The highest BCUT2D eigenvalue weighted by molar-refractivity contribution is 7.89. The second-order valence-electron chi connectivity index (χ2n) is 6.18. The maximum atomic E-state index is 12.2. The van der Waals surface area contributed by atoms with Crippen molar-refractivity contribution in [1.29, 1.82) is 0 Å². The summed E-state index contributed by atoms with van der Waals surface area (Å²) in [7, 11) is -3.81. The van der Waals surface area contributed by atoms with Crippen molar-refractivity contribution in [2.24, 2.45) is 5.14 Å². The zero-order valence-corrected chi connectivity index (χ0v) is 15.6. The smallest absolute Gasteiger partial charge is 0.238 e. The number of aryl methyl sites for hydroxylation is 3. The second kappa shape index (κ2) is 7.80. The molecule has 0 radical (unpaired) electrons. The number of amides is 1. The maximum Gasteiger partial charge on any atom is 0.238 e. The Labute approximate surface area is 149 Å². The standard InChI is InChI=1S/C19H24N2O3S/c1-4-15-5-7-16(8-6-15)9-10-19(22)21-18-12-17(25(20,23)24)11-13(2)14(18)3/h5-8,11-12H,4,9-10H2,1-3H3,(H,21,22)(H2,20,23,24). The van der Waals surface area contributed by atoms with Crippen LogP contribution in [0.4, 0.5) is 5.69 Å². The summed E-state index contributed by atoms with van der Waals surface area (Å²) in [4.78, 5) is 12.2. The Kier molecular flexibility index (Phi) is 5.98. The highest BCUT2D eigenvalue weighted by atomic mass is 32.2. The van der Waals surface area contributed by atoms with E-state index in [1.807, 2.05) is 19.1 Å². The van der Waals surface area contributed by atoms with Gasteiger partial charge in [-0.1, -0.05) is 31.2 Å². The molecule has 2 aromatic rings. The molecule has 0 saturated carbocycles. The minimum atomic E-state index is -3.81. The summed E-state index contributed by atoms with van der Waals surface area (Å²) in [6.45, 7) is 5.72. The molecule has 0 aliphatic heterocycles. The lowest BCUT2D eigenvalue weighted by Crippen LogP contribution is -2.16. The lowest BCUT2D eigenvalue weighted by Gasteiger charge is -2.13. The monoisotopic (exact) mass is 360 g/mol. The Balaban J connectivity index is 2.08. The molecule has 0 aliphatic carbocycles. The van der Waals surface area contributed by atoms with Crippen molar-refractivity contribution in [1.82, 2.24) is 0 Å². The first kappa shape index (κ1) is 19.1. The van der Waals surface area contributed by atoms with Crippen molar-refractivity contribution in [3.63, 3.8) is 0 Å². The largest absolute Gasteiger partial charge is 0.326 e. The lowest BCUT2D eigenvalue weighted by atomic mass is 10.1. The van der Waals surface area contributed by atoms with E-state index in [2.05, 4.69) is 24.4 Å². The number of benzene rings is 2. The minimum absolute atomic E-state index is 0.000976. The predicted octanol–water partition coefficient (Wildman–Crippen LogP) is 3.08. The van der Waals surface area contributed by atoms with Crippen LogP contribution < -0.4 is 10.5 Å². The summed E-state index contributed by atoms with van der Waals surface area (Å²) in [5, 5.41) is 7.99. The fourth-order valence-corrected chi connectivity index (χ4v) is 3.16. The average Bonchev–Trinajstić information content (AvgIpc) is 2.56. The minimum Gasteiger partial charge on any atom is -0.326 e. The van der Waals surface area contributed by atoms with Crippen LogP contribution in [0, 0.1) is 13.8 Å². The fourth-order valence-electron chi connectivity index (χ4n) is 2.53. The van der Waals surface area contributed by atoms with Crippen molar-refractivity contribution < 1.29 is 13.2 Å². The number of carbonyl (C=O) groups excluding carboxylic acids is 1. The molecule has 0 saturated heterocycles. The van der Waals surface area contributed by atoms with Crippen LogP contribution >= 0.6 is 0 Å². The van der Waals surface area contributed by atoms with Crippen LogP contribution in [0.5, 0.6) is 0 Å². The van der Waals surface area contributed by atoms with Crippen LogP contribution in [0.1, 0.15) is 35.6 Å². The van der Waals surface area contributed by atoms with Gasteiger partial charge in [-0.2, -0.15) is 0 Å². The molecule has 0 aromatic heterocycles. The van der Waals surface area contributed by atoms with Gasteiger partial charge >= 0.3 is 0 Å². The van der Waals surface area contributed by atoms with E-state index in [9.17, 15) is 13.2 Å². The number of hydrogen-bond donors (Lipinski definition) is 2. The summed E-state index contributed by atoms with van der Waals surface area (Å²) in [5.41, 5.74) is 4.43. The van der Waals surface area contributed by atoms with Gasteiger partial charge in [0.25, 0.3) is 0 Å². The van der Waals surface area contributed by atoms with Gasteiger partial charge in [-0.05, 0) is 61.1 Å². The Morgan fingerprint density at radius 2 is 1.68 bits per heavy atom. The molecule has 6 heteroatoms. The number of hydrogen-bond acceptors (Lipinski definition) is 3. The number of nitrogens with two attached hydrogens (primary N) is 1. The number of carbonyl (C=O) groups is 1. The molecule has 2 rings (SSSR count). The SMILES string of the molecule is CCc1ccc(CCC(=O)Nc2cc(S(N)(=O)=O)cc(C)c2C)cc1. The van der Waals surface area contributed by atoms with Crippen LogP contribution in [0.15, 0.2) is 41.3 Å². The number of primary sulfonamides is 1. The highest BCUT2D eigenvalue weighted by Crippen LogP contribution is 2.23. The Morgan fingerprint density at radius 1 is 1.08 bits per heavy atom. The van der Waals surface area contributed by atoms with Crippen LogP contribution in [0.25, 0.3) is 0 Å². The van der Waals surface area contributed by atoms with Gasteiger partial charge in [-0.25, -0.2) is 13.6 Å². The zero-order chi connectivity index (χ0) is 18.6. The molecule has 2 aromatic carbocycles. The zero-order valence-electron chi connectivity index (χ0n) is 14.8. The highest BCUT2D eigenvalue weighted by Gasteiger charge is 2.14. The molecule has 0 atom stereocenters. The topological polar surface area (TPSA) is 89.3 Å². The summed E-state index contributed by atoms with van der Waals surface area (Å²) >= 11 is 0. The van der Waals surface area contributed by atoms with E-state index in [4.69, 9.17) is 5.14 Å². The van der Waals surface area contributed by atoms with Crippen molar-refractivity contribution in [3.05, 3.63) is 58.7 Å². The Hall–Kier alpha value is -2.18. The van der Waals surface area contributed by atoms with Gasteiger partial charge < -0.3 is 5.32 Å². The van der Waals surface area contributed by atoms with Crippen molar-refractivity contribution in [3.8, 4) is 0 Å². The molecule has 0 spiro atoms. The molecular formula is C19H24N2O3S. The van der Waals surface area contributed by atoms with Gasteiger partial charge in [0.05, 0.1) is 4.90 Å². The summed E-state index contributed by atoms with van der Waals surface area (Å²) in [6, 6.07) is 11.1. The number of rotatable bonds is 6. The summed E-state index contributed by atoms with van der Waals surface area (Å²) in [6.07, 6.45) is 1.94. The van der Waals surface area contributed by atoms with Crippen LogP contribution in [0.2, 0.25) is 0 Å². The van der Waals surface area contributed by atoms with Crippen LogP contribution in [-0.4, -0.2) is 14.3 Å². The first-order valence-electron chi connectivity index (χ1n) is 8.22. The molecule has 3 N–H and O–H groups in total. The van der Waals surface area contributed by atoms with Gasteiger partial charge in [0.2, 0.25) is 15.9 Å². The van der Waals surface area contributed by atoms with E-state index in [1.165, 1.54) is 17.7 Å². The van der Waals surface area contributed by atoms with Gasteiger partial charge in [0, 0.05) is 12.1 Å². The third kappa shape index (κ3) is 5.14. The summed E-state index contributed by atoms with van der Waals surface area (Å²) < 4.78 is 23.1. The molecule has 0 unspecified atom stereocenters. The molecule has 0 aliphatic rings. The van der Waals surface area contributed by atoms with Crippen molar-refractivity contribution in [2.75, 3.05) is 5.32 Å². The van der Waals surface area contributed by atoms with Gasteiger partial charge in [0.15, 0.2) is 0 Å². The third-order valence-corrected chi connectivity index (χ3v) is 5.21. The first-order valence-corrected chi connectivity index (χ1v) is 9.77. The fraction of sp³-hybridized carbons (Fsp3) is 0.316. The number of nitrogens with one attached hydrogen (secondary N) is 1. The van der Waals surface area contributed by atoms with E-state index >= 15 is 0 Å². The van der Waals surface area contributed by atoms with E-state index in [0.717, 1.165) is 23.1 Å². The first-order chi connectivity index (χ1) is 11.7. The molecule has 1 amide bonds. The second-order valence-corrected chi connectivity index (χ2v) is 7.74. The molecule has 0 bridgehead atoms. The van der Waals surface area contributed by atoms with Crippen LogP contribution in [-0.2, 0) is 27.7 Å². The molecule has 134 valence electrons. The summed E-state index contributed by atoms with van der Waals surface area (Å²) in [5.74, 6) is -0.159. The molecule has 5 nitrogen and oxygen atoms in total. The normalized spacial score (nSPS) is 11.4. The van der Waals surface area contributed by atoms with E-state index < -0.39 is 10.0 Å². The molecular weight excluding hydrogens is 336 g/mol. The lowest BCUT2D eigenvalue weighted by molar-refractivity contribution is -0.116. The van der Waals surface area contributed by atoms with Crippen molar-refractivity contribution in [2.45, 2.75) is 44.9 Å². The predicted molar refractivity (Wildman–Crippen MR) is 100 cm³/mol. The number of sulfonamides is 1. The van der Waals surface area contributed by atoms with Crippen molar-refractivity contribution >= 4 is 21.6 Å². The van der Waals surface area contributed by atoms with E-state index in [0.29, 0.717) is 18.5 Å². The molecule has 0 heterocycles. The Bertz CT molecular complexity index is 872. The maximum absolute atomic E-state index is 12.2. The van der Waals surface area contributed by atoms with Crippen LogP contribution in [0.3, 0.4) is 0 Å². The molecule has 25 heavy (non-hydrogen) atoms. The van der Waals surface area contributed by atoms with Gasteiger partial charge in [-0.15, -0.1) is 0 Å². The quantitative estimate of drug-likeness (QED) is 0.829. The van der Waals surface area contributed by atoms with E-state index in [-0.39, 0.29) is 10.8 Å². The Morgan fingerprint density at radius 3 is 2.24 bits per heavy atom. The third-order valence-electron chi connectivity index (χ3n) is 4.32. The number of anilines is 1. The van der Waals surface area contributed by atoms with E-state index in [1.54, 1.807) is 6.92 Å². The molecule has 0 fully saturated rings.